The maximum atomic E-state index is 12.1. The van der Waals surface area contributed by atoms with Crippen LogP contribution in [0.4, 0.5) is 5.69 Å². The number of carbonyl (C=O) groups excluding carboxylic acids is 1. The standard InChI is InChI=1S/C14H18ClNO2/c1-2-18-13(17)14(8-3-4-9-14)16-12-7-5-6-11(15)10-12/h5-7,10,16H,2-4,8-9H2,1H3. The molecule has 0 saturated heterocycles. The molecule has 1 saturated carbocycles. The first-order valence-corrected chi connectivity index (χ1v) is 6.75. The van der Waals surface area contributed by atoms with Crippen molar-refractivity contribution in [3.8, 4) is 0 Å². The van der Waals surface area contributed by atoms with Crippen molar-refractivity contribution in [1.29, 1.82) is 0 Å². The van der Waals surface area contributed by atoms with Gasteiger partial charge >= 0.3 is 5.97 Å². The summed E-state index contributed by atoms with van der Waals surface area (Å²) in [4.78, 5) is 12.1. The van der Waals surface area contributed by atoms with E-state index < -0.39 is 5.54 Å². The largest absolute Gasteiger partial charge is 0.464 e. The predicted molar refractivity (Wildman–Crippen MR) is 72.9 cm³/mol. The van der Waals surface area contributed by atoms with Crippen LogP contribution in [0.3, 0.4) is 0 Å². The van der Waals surface area contributed by atoms with Crippen LogP contribution in [0.1, 0.15) is 32.6 Å². The number of benzene rings is 1. The summed E-state index contributed by atoms with van der Waals surface area (Å²) < 4.78 is 5.20. The Morgan fingerprint density at radius 3 is 2.78 bits per heavy atom. The third-order valence-corrected chi connectivity index (χ3v) is 3.57. The molecule has 0 radical (unpaired) electrons. The van der Waals surface area contributed by atoms with E-state index in [0.29, 0.717) is 11.6 Å². The molecule has 1 aromatic carbocycles. The highest BCUT2D eigenvalue weighted by Gasteiger charge is 2.42. The Morgan fingerprint density at radius 1 is 1.44 bits per heavy atom. The van der Waals surface area contributed by atoms with Gasteiger partial charge in [0.1, 0.15) is 5.54 Å². The number of anilines is 1. The van der Waals surface area contributed by atoms with Gasteiger partial charge in [0.05, 0.1) is 6.61 Å². The average Bonchev–Trinajstić information content (AvgIpc) is 2.79. The van der Waals surface area contributed by atoms with Crippen molar-refractivity contribution in [2.45, 2.75) is 38.1 Å². The van der Waals surface area contributed by atoms with E-state index in [9.17, 15) is 4.79 Å². The molecule has 1 fully saturated rings. The van der Waals surface area contributed by atoms with E-state index in [-0.39, 0.29) is 5.97 Å². The van der Waals surface area contributed by atoms with Crippen LogP contribution in [0.15, 0.2) is 24.3 Å². The van der Waals surface area contributed by atoms with Gasteiger partial charge in [0.15, 0.2) is 0 Å². The molecule has 98 valence electrons. The smallest absolute Gasteiger partial charge is 0.331 e. The van der Waals surface area contributed by atoms with Gasteiger partial charge in [-0.2, -0.15) is 0 Å². The lowest BCUT2D eigenvalue weighted by molar-refractivity contribution is -0.148. The van der Waals surface area contributed by atoms with Crippen LogP contribution in [0.25, 0.3) is 0 Å². The second-order valence-corrected chi connectivity index (χ2v) is 5.08. The van der Waals surface area contributed by atoms with E-state index in [0.717, 1.165) is 31.4 Å². The zero-order chi connectivity index (χ0) is 13.0. The number of rotatable bonds is 4. The lowest BCUT2D eigenvalue weighted by atomic mass is 9.97. The maximum Gasteiger partial charge on any atom is 0.331 e. The summed E-state index contributed by atoms with van der Waals surface area (Å²) in [6.45, 7) is 2.25. The second-order valence-electron chi connectivity index (χ2n) is 4.65. The highest BCUT2D eigenvalue weighted by molar-refractivity contribution is 6.30. The number of carbonyl (C=O) groups is 1. The Hall–Kier alpha value is -1.22. The minimum atomic E-state index is -0.569. The summed E-state index contributed by atoms with van der Waals surface area (Å²) in [5.41, 5.74) is 0.304. The Kier molecular flexibility index (Phi) is 4.12. The predicted octanol–water partition coefficient (Wildman–Crippen LogP) is 3.63. The lowest BCUT2D eigenvalue weighted by Gasteiger charge is -2.29. The Bertz CT molecular complexity index is 428. The first-order valence-electron chi connectivity index (χ1n) is 6.37. The molecule has 3 nitrogen and oxygen atoms in total. The molecule has 1 N–H and O–H groups in total. The molecule has 1 aliphatic carbocycles. The highest BCUT2D eigenvalue weighted by Crippen LogP contribution is 2.34. The number of hydrogen-bond donors (Lipinski definition) is 1. The molecule has 0 unspecified atom stereocenters. The van der Waals surface area contributed by atoms with Gasteiger partial charge in [0.2, 0.25) is 0 Å². The molecule has 0 atom stereocenters. The van der Waals surface area contributed by atoms with Crippen LogP contribution >= 0.6 is 11.6 Å². The fraction of sp³-hybridized carbons (Fsp3) is 0.500. The van der Waals surface area contributed by atoms with Gasteiger partial charge in [0, 0.05) is 10.7 Å². The molecule has 0 amide bonds. The van der Waals surface area contributed by atoms with E-state index in [4.69, 9.17) is 16.3 Å². The Balaban J connectivity index is 2.18. The number of halogens is 1. The maximum absolute atomic E-state index is 12.1. The van der Waals surface area contributed by atoms with Crippen LogP contribution < -0.4 is 5.32 Å². The van der Waals surface area contributed by atoms with E-state index >= 15 is 0 Å². The first-order chi connectivity index (χ1) is 8.66. The lowest BCUT2D eigenvalue weighted by Crippen LogP contribution is -2.45. The molecule has 0 aromatic heterocycles. The molecule has 0 spiro atoms. The zero-order valence-corrected chi connectivity index (χ0v) is 11.3. The van der Waals surface area contributed by atoms with Gasteiger partial charge in [-0.3, -0.25) is 0 Å². The summed E-state index contributed by atoms with van der Waals surface area (Å²) in [5, 5.41) is 3.98. The van der Waals surface area contributed by atoms with Crippen molar-refractivity contribution in [2.24, 2.45) is 0 Å². The summed E-state index contributed by atoms with van der Waals surface area (Å²) in [6, 6.07) is 7.45. The molecule has 1 aromatic rings. The van der Waals surface area contributed by atoms with Crippen molar-refractivity contribution in [3.63, 3.8) is 0 Å². The summed E-state index contributed by atoms with van der Waals surface area (Å²) in [6.07, 6.45) is 3.73. The third-order valence-electron chi connectivity index (χ3n) is 3.33. The van der Waals surface area contributed by atoms with E-state index in [1.54, 1.807) is 0 Å². The summed E-state index contributed by atoms with van der Waals surface area (Å²) >= 11 is 5.96. The summed E-state index contributed by atoms with van der Waals surface area (Å²) in [7, 11) is 0. The molecule has 18 heavy (non-hydrogen) atoms. The molecule has 1 aliphatic rings. The quantitative estimate of drug-likeness (QED) is 0.847. The van der Waals surface area contributed by atoms with E-state index in [2.05, 4.69) is 5.32 Å². The fourth-order valence-electron chi connectivity index (χ4n) is 2.47. The van der Waals surface area contributed by atoms with Gasteiger partial charge < -0.3 is 10.1 Å². The number of hydrogen-bond acceptors (Lipinski definition) is 3. The van der Waals surface area contributed by atoms with Crippen LogP contribution in [-0.4, -0.2) is 18.1 Å². The molecule has 0 aliphatic heterocycles. The van der Waals surface area contributed by atoms with Crippen molar-refractivity contribution in [3.05, 3.63) is 29.3 Å². The molecular formula is C14H18ClNO2. The van der Waals surface area contributed by atoms with Crippen molar-refractivity contribution in [1.82, 2.24) is 0 Å². The van der Waals surface area contributed by atoms with E-state index in [1.165, 1.54) is 0 Å². The van der Waals surface area contributed by atoms with Crippen molar-refractivity contribution in [2.75, 3.05) is 11.9 Å². The fourth-order valence-corrected chi connectivity index (χ4v) is 2.66. The molecule has 0 bridgehead atoms. The van der Waals surface area contributed by atoms with Gasteiger partial charge in [-0.15, -0.1) is 0 Å². The molecule has 0 heterocycles. The average molecular weight is 268 g/mol. The topological polar surface area (TPSA) is 38.3 Å². The normalized spacial score (nSPS) is 17.4. The first kappa shape index (κ1) is 13.2. The molecule has 2 rings (SSSR count). The van der Waals surface area contributed by atoms with Gasteiger partial charge in [-0.25, -0.2) is 4.79 Å². The Morgan fingerprint density at radius 2 is 2.17 bits per heavy atom. The molecular weight excluding hydrogens is 250 g/mol. The van der Waals surface area contributed by atoms with Crippen LogP contribution in [0.2, 0.25) is 5.02 Å². The van der Waals surface area contributed by atoms with Gasteiger partial charge in [0.25, 0.3) is 0 Å². The van der Waals surface area contributed by atoms with Gasteiger partial charge in [-0.05, 0) is 38.0 Å². The van der Waals surface area contributed by atoms with Crippen LogP contribution in [0.5, 0.6) is 0 Å². The second kappa shape index (κ2) is 5.61. The number of ether oxygens (including phenoxy) is 1. The SMILES string of the molecule is CCOC(=O)C1(Nc2cccc(Cl)c2)CCCC1. The highest BCUT2D eigenvalue weighted by atomic mass is 35.5. The monoisotopic (exact) mass is 267 g/mol. The van der Waals surface area contributed by atoms with Crippen LogP contribution in [0, 0.1) is 0 Å². The molecule has 4 heteroatoms. The van der Waals surface area contributed by atoms with Gasteiger partial charge in [-0.1, -0.05) is 30.5 Å². The zero-order valence-electron chi connectivity index (χ0n) is 10.5. The number of nitrogens with one attached hydrogen (secondary N) is 1. The minimum Gasteiger partial charge on any atom is -0.464 e. The minimum absolute atomic E-state index is 0.150. The summed E-state index contributed by atoms with van der Waals surface area (Å²) in [5.74, 6) is -0.150. The number of esters is 1. The van der Waals surface area contributed by atoms with Crippen molar-refractivity contribution >= 4 is 23.3 Å². The third kappa shape index (κ3) is 2.78. The van der Waals surface area contributed by atoms with Crippen LogP contribution in [-0.2, 0) is 9.53 Å². The Labute approximate surface area is 112 Å². The van der Waals surface area contributed by atoms with Crippen molar-refractivity contribution < 1.29 is 9.53 Å². The van der Waals surface area contributed by atoms with E-state index in [1.807, 2.05) is 31.2 Å².